The highest BCUT2D eigenvalue weighted by molar-refractivity contribution is 6.31. The predicted octanol–water partition coefficient (Wildman–Crippen LogP) is 3.00. The van der Waals surface area contributed by atoms with Crippen molar-refractivity contribution in [2.24, 2.45) is 0 Å². The lowest BCUT2D eigenvalue weighted by Gasteiger charge is -2.37. The van der Waals surface area contributed by atoms with Crippen LogP contribution in [0.5, 0.6) is 5.75 Å². The Bertz CT molecular complexity index is 1020. The highest BCUT2D eigenvalue weighted by Gasteiger charge is 2.52. The molecule has 1 spiro atoms. The van der Waals surface area contributed by atoms with Crippen molar-refractivity contribution < 1.29 is 19.1 Å². The Kier molecular flexibility index (Phi) is 5.87. The van der Waals surface area contributed by atoms with E-state index >= 15 is 0 Å². The van der Waals surface area contributed by atoms with Gasteiger partial charge in [0.2, 0.25) is 5.91 Å². The number of piperidine rings is 1. The molecule has 2 aromatic rings. The molecule has 0 saturated carbocycles. The zero-order valence-electron chi connectivity index (χ0n) is 17.3. The molecule has 8 heteroatoms. The first-order chi connectivity index (χ1) is 14.9. The fraction of sp³-hybridized carbons (Fsp3) is 0.348. The molecular formula is C23H24ClN3O4. The number of hydrogen-bond donors (Lipinski definition) is 1. The Morgan fingerprint density at radius 3 is 2.39 bits per heavy atom. The van der Waals surface area contributed by atoms with E-state index in [4.69, 9.17) is 16.3 Å². The van der Waals surface area contributed by atoms with Crippen molar-refractivity contribution >= 4 is 29.4 Å². The number of imide groups is 1. The second kappa shape index (κ2) is 8.59. The van der Waals surface area contributed by atoms with E-state index in [1.807, 2.05) is 30.3 Å². The molecule has 0 atom stereocenters. The second-order valence-corrected chi connectivity index (χ2v) is 8.27. The molecule has 0 aromatic heterocycles. The minimum atomic E-state index is -0.959. The number of methoxy groups -OCH3 is 1. The highest BCUT2D eigenvalue weighted by Crippen LogP contribution is 2.31. The van der Waals surface area contributed by atoms with Crippen LogP contribution in [-0.4, -0.2) is 53.4 Å². The normalized spacial score (nSPS) is 17.7. The summed E-state index contributed by atoms with van der Waals surface area (Å²) in [7, 11) is 1.58. The first-order valence-corrected chi connectivity index (χ1v) is 10.6. The average molecular weight is 442 g/mol. The number of carbonyl (C=O) groups excluding carboxylic acids is 3. The standard InChI is InChI=1S/C23H24ClN3O4/c1-31-19-9-5-3-6-16(19)14-20(28)26-12-10-23(11-13-26)21(29)27(22(30)25-23)15-17-7-2-4-8-18(17)24/h2-9H,10-15H2,1H3,(H,25,30). The van der Waals surface area contributed by atoms with Crippen molar-refractivity contribution in [3.8, 4) is 5.75 Å². The Morgan fingerprint density at radius 2 is 1.71 bits per heavy atom. The maximum atomic E-state index is 13.1. The largest absolute Gasteiger partial charge is 0.496 e. The SMILES string of the molecule is COc1ccccc1CC(=O)N1CCC2(CC1)NC(=O)N(Cc1ccccc1Cl)C2=O. The van der Waals surface area contributed by atoms with E-state index in [1.165, 1.54) is 4.90 Å². The van der Waals surface area contributed by atoms with Crippen LogP contribution in [0, 0.1) is 0 Å². The number of carbonyl (C=O) groups is 3. The topological polar surface area (TPSA) is 79.0 Å². The Morgan fingerprint density at radius 1 is 1.06 bits per heavy atom. The van der Waals surface area contributed by atoms with Crippen molar-refractivity contribution in [2.75, 3.05) is 20.2 Å². The molecule has 0 unspecified atom stereocenters. The summed E-state index contributed by atoms with van der Waals surface area (Å²) in [6.07, 6.45) is 0.998. The molecule has 0 aliphatic carbocycles. The lowest BCUT2D eigenvalue weighted by atomic mass is 9.87. The summed E-state index contributed by atoms with van der Waals surface area (Å²) in [5.41, 5.74) is 0.583. The Hall–Kier alpha value is -3.06. The van der Waals surface area contributed by atoms with Gasteiger partial charge in [0.1, 0.15) is 11.3 Å². The van der Waals surface area contributed by atoms with E-state index in [0.29, 0.717) is 42.3 Å². The van der Waals surface area contributed by atoms with E-state index in [0.717, 1.165) is 5.56 Å². The molecule has 0 radical (unpaired) electrons. The summed E-state index contributed by atoms with van der Waals surface area (Å²) in [6, 6.07) is 14.2. The van der Waals surface area contributed by atoms with Crippen LogP contribution in [0.25, 0.3) is 0 Å². The number of hydrogen-bond acceptors (Lipinski definition) is 4. The number of likely N-dealkylation sites (tertiary alicyclic amines) is 1. The van der Waals surface area contributed by atoms with E-state index in [-0.39, 0.29) is 24.8 Å². The molecule has 2 saturated heterocycles. The summed E-state index contributed by atoms with van der Waals surface area (Å²) in [6.45, 7) is 0.933. The molecule has 7 nitrogen and oxygen atoms in total. The quantitative estimate of drug-likeness (QED) is 0.723. The van der Waals surface area contributed by atoms with Gasteiger partial charge in [-0.3, -0.25) is 14.5 Å². The minimum absolute atomic E-state index is 0.0240. The minimum Gasteiger partial charge on any atom is -0.496 e. The van der Waals surface area contributed by atoms with Gasteiger partial charge in [-0.05, 0) is 30.5 Å². The number of urea groups is 1. The first-order valence-electron chi connectivity index (χ1n) is 10.2. The fourth-order valence-corrected chi connectivity index (χ4v) is 4.41. The van der Waals surface area contributed by atoms with Gasteiger partial charge in [-0.15, -0.1) is 0 Å². The number of benzene rings is 2. The molecule has 2 aliphatic heterocycles. The smallest absolute Gasteiger partial charge is 0.325 e. The van der Waals surface area contributed by atoms with Gasteiger partial charge < -0.3 is 15.0 Å². The highest BCUT2D eigenvalue weighted by atomic mass is 35.5. The van der Waals surface area contributed by atoms with E-state index in [9.17, 15) is 14.4 Å². The molecular weight excluding hydrogens is 418 g/mol. The number of halogens is 1. The molecule has 2 heterocycles. The maximum Gasteiger partial charge on any atom is 0.325 e. The zero-order chi connectivity index (χ0) is 22.0. The van der Waals surface area contributed by atoms with Crippen LogP contribution in [0.1, 0.15) is 24.0 Å². The van der Waals surface area contributed by atoms with Gasteiger partial charge in [0.15, 0.2) is 0 Å². The van der Waals surface area contributed by atoms with Crippen LogP contribution in [-0.2, 0) is 22.6 Å². The number of ether oxygens (including phenoxy) is 1. The van der Waals surface area contributed by atoms with E-state index in [2.05, 4.69) is 5.32 Å². The van der Waals surface area contributed by atoms with E-state index < -0.39 is 11.6 Å². The summed E-state index contributed by atoms with van der Waals surface area (Å²) in [5, 5.41) is 3.39. The maximum absolute atomic E-state index is 13.1. The number of nitrogens with one attached hydrogen (secondary N) is 1. The van der Waals surface area contributed by atoms with Crippen LogP contribution >= 0.6 is 11.6 Å². The van der Waals surface area contributed by atoms with Gasteiger partial charge in [0.25, 0.3) is 5.91 Å². The fourth-order valence-electron chi connectivity index (χ4n) is 4.22. The van der Waals surface area contributed by atoms with Gasteiger partial charge >= 0.3 is 6.03 Å². The van der Waals surface area contributed by atoms with Gasteiger partial charge in [-0.25, -0.2) is 4.79 Å². The van der Waals surface area contributed by atoms with Crippen molar-refractivity contribution in [1.29, 1.82) is 0 Å². The molecule has 2 aromatic carbocycles. The van der Waals surface area contributed by atoms with Crippen LogP contribution in [0.4, 0.5) is 4.79 Å². The summed E-state index contributed by atoms with van der Waals surface area (Å²) in [5.74, 6) is 0.399. The van der Waals surface area contributed by atoms with Crippen molar-refractivity contribution in [3.63, 3.8) is 0 Å². The van der Waals surface area contributed by atoms with Crippen LogP contribution in [0.2, 0.25) is 5.02 Å². The average Bonchev–Trinajstić information content (AvgIpc) is 3.00. The summed E-state index contributed by atoms with van der Waals surface area (Å²) in [4.78, 5) is 41.5. The zero-order valence-corrected chi connectivity index (χ0v) is 18.0. The van der Waals surface area contributed by atoms with Crippen LogP contribution < -0.4 is 10.1 Å². The second-order valence-electron chi connectivity index (χ2n) is 7.86. The number of para-hydroxylation sites is 1. The monoisotopic (exact) mass is 441 g/mol. The third-order valence-corrected chi connectivity index (χ3v) is 6.40. The van der Waals surface area contributed by atoms with Crippen molar-refractivity contribution in [3.05, 3.63) is 64.7 Å². The summed E-state index contributed by atoms with van der Waals surface area (Å²) < 4.78 is 5.33. The third-order valence-electron chi connectivity index (χ3n) is 6.04. The molecule has 4 rings (SSSR count). The molecule has 1 N–H and O–H groups in total. The van der Waals surface area contributed by atoms with E-state index in [1.54, 1.807) is 30.2 Å². The number of rotatable bonds is 5. The molecule has 0 bridgehead atoms. The molecule has 4 amide bonds. The predicted molar refractivity (Wildman–Crippen MR) is 116 cm³/mol. The van der Waals surface area contributed by atoms with Gasteiger partial charge in [0.05, 0.1) is 20.1 Å². The molecule has 2 aliphatic rings. The molecule has 31 heavy (non-hydrogen) atoms. The van der Waals surface area contributed by atoms with Crippen LogP contribution in [0.15, 0.2) is 48.5 Å². The van der Waals surface area contributed by atoms with Gasteiger partial charge in [-0.2, -0.15) is 0 Å². The third kappa shape index (κ3) is 4.10. The first kappa shape index (κ1) is 21.2. The molecule has 2 fully saturated rings. The Balaban J connectivity index is 1.40. The van der Waals surface area contributed by atoms with Crippen molar-refractivity contribution in [2.45, 2.75) is 31.3 Å². The number of amides is 4. The van der Waals surface area contributed by atoms with Crippen LogP contribution in [0.3, 0.4) is 0 Å². The number of nitrogens with zero attached hydrogens (tertiary/aromatic N) is 2. The summed E-state index contributed by atoms with van der Waals surface area (Å²) >= 11 is 6.19. The Labute approximate surface area is 185 Å². The van der Waals surface area contributed by atoms with Gasteiger partial charge in [0, 0.05) is 23.7 Å². The van der Waals surface area contributed by atoms with Gasteiger partial charge in [-0.1, -0.05) is 48.0 Å². The lowest BCUT2D eigenvalue weighted by Crippen LogP contribution is -2.56. The molecule has 162 valence electrons. The lowest BCUT2D eigenvalue weighted by molar-refractivity contribution is -0.138. The van der Waals surface area contributed by atoms with Crippen molar-refractivity contribution in [1.82, 2.24) is 15.1 Å².